The van der Waals surface area contributed by atoms with Crippen LogP contribution < -0.4 is 5.32 Å². The average molecular weight is 397 g/mol. The van der Waals surface area contributed by atoms with Crippen molar-refractivity contribution in [2.45, 2.75) is 33.9 Å². The third-order valence-corrected chi connectivity index (χ3v) is 5.05. The lowest BCUT2D eigenvalue weighted by molar-refractivity contribution is -0.123. The molecule has 0 spiro atoms. The van der Waals surface area contributed by atoms with Crippen LogP contribution in [0.5, 0.6) is 0 Å². The Morgan fingerprint density at radius 2 is 1.89 bits per heavy atom. The SMILES string of the molecule is CC(C)(C)C(=O)Nc1cccc(C(=O)N(Cc2ccco2)Cc2cccs2)c1. The summed E-state index contributed by atoms with van der Waals surface area (Å²) in [7, 11) is 0. The summed E-state index contributed by atoms with van der Waals surface area (Å²) in [6.45, 7) is 6.43. The zero-order chi connectivity index (χ0) is 20.1. The first-order valence-electron chi connectivity index (χ1n) is 9.08. The quantitative estimate of drug-likeness (QED) is 0.625. The molecule has 2 amide bonds. The van der Waals surface area contributed by atoms with E-state index in [0.717, 1.165) is 10.6 Å². The molecule has 0 fully saturated rings. The second kappa shape index (κ2) is 8.44. The van der Waals surface area contributed by atoms with Crippen LogP contribution in [0.3, 0.4) is 0 Å². The molecule has 0 radical (unpaired) electrons. The summed E-state index contributed by atoms with van der Waals surface area (Å²) in [6.07, 6.45) is 1.60. The Morgan fingerprint density at radius 1 is 1.07 bits per heavy atom. The van der Waals surface area contributed by atoms with E-state index in [1.807, 2.05) is 50.4 Å². The lowest BCUT2D eigenvalue weighted by Crippen LogP contribution is -2.30. The number of carbonyl (C=O) groups excluding carboxylic acids is 2. The fraction of sp³-hybridized carbons (Fsp3) is 0.273. The molecule has 0 saturated heterocycles. The van der Waals surface area contributed by atoms with Gasteiger partial charge in [0, 0.05) is 21.5 Å². The van der Waals surface area contributed by atoms with Crippen molar-refractivity contribution in [1.82, 2.24) is 4.90 Å². The zero-order valence-electron chi connectivity index (χ0n) is 16.3. The largest absolute Gasteiger partial charge is 0.467 e. The fourth-order valence-corrected chi connectivity index (χ4v) is 3.33. The molecule has 28 heavy (non-hydrogen) atoms. The molecule has 0 unspecified atom stereocenters. The van der Waals surface area contributed by atoms with Crippen LogP contribution in [-0.4, -0.2) is 16.7 Å². The lowest BCUT2D eigenvalue weighted by Gasteiger charge is -2.22. The van der Waals surface area contributed by atoms with Crippen molar-refractivity contribution in [3.8, 4) is 0 Å². The number of hydrogen-bond donors (Lipinski definition) is 1. The van der Waals surface area contributed by atoms with Gasteiger partial charge in [-0.2, -0.15) is 0 Å². The van der Waals surface area contributed by atoms with Crippen molar-refractivity contribution in [1.29, 1.82) is 0 Å². The highest BCUT2D eigenvalue weighted by Crippen LogP contribution is 2.21. The normalized spacial score (nSPS) is 11.2. The van der Waals surface area contributed by atoms with Gasteiger partial charge in [-0.1, -0.05) is 32.9 Å². The second-order valence-corrected chi connectivity index (χ2v) is 8.64. The lowest BCUT2D eigenvalue weighted by atomic mass is 9.95. The Labute approximate surface area is 169 Å². The first-order valence-corrected chi connectivity index (χ1v) is 9.96. The van der Waals surface area contributed by atoms with Gasteiger partial charge in [-0.15, -0.1) is 11.3 Å². The molecule has 0 saturated carbocycles. The van der Waals surface area contributed by atoms with E-state index < -0.39 is 5.41 Å². The monoisotopic (exact) mass is 396 g/mol. The van der Waals surface area contributed by atoms with Crippen molar-refractivity contribution in [3.05, 3.63) is 76.4 Å². The molecule has 3 rings (SSSR count). The van der Waals surface area contributed by atoms with Crippen LogP contribution in [0.1, 0.15) is 41.8 Å². The first kappa shape index (κ1) is 19.9. The maximum Gasteiger partial charge on any atom is 0.254 e. The molecule has 2 aromatic heterocycles. The zero-order valence-corrected chi connectivity index (χ0v) is 17.1. The summed E-state index contributed by atoms with van der Waals surface area (Å²) >= 11 is 1.61. The van der Waals surface area contributed by atoms with Gasteiger partial charge in [0.1, 0.15) is 5.76 Å². The summed E-state index contributed by atoms with van der Waals surface area (Å²) in [4.78, 5) is 28.3. The molecule has 2 heterocycles. The number of anilines is 1. The molecule has 3 aromatic rings. The van der Waals surface area contributed by atoms with E-state index in [2.05, 4.69) is 5.32 Å². The third-order valence-electron chi connectivity index (χ3n) is 4.19. The van der Waals surface area contributed by atoms with E-state index in [9.17, 15) is 9.59 Å². The minimum Gasteiger partial charge on any atom is -0.467 e. The van der Waals surface area contributed by atoms with E-state index in [4.69, 9.17) is 4.42 Å². The predicted octanol–water partition coefficient (Wildman–Crippen LogP) is 5.17. The first-order chi connectivity index (χ1) is 13.3. The number of amides is 2. The highest BCUT2D eigenvalue weighted by atomic mass is 32.1. The molecular formula is C22H24N2O3S. The van der Waals surface area contributed by atoms with Crippen LogP contribution in [0.2, 0.25) is 0 Å². The molecule has 0 aliphatic rings. The van der Waals surface area contributed by atoms with E-state index >= 15 is 0 Å². The third kappa shape index (κ3) is 5.10. The number of hydrogen-bond acceptors (Lipinski definition) is 4. The van der Waals surface area contributed by atoms with Gasteiger partial charge in [0.25, 0.3) is 5.91 Å². The minimum absolute atomic E-state index is 0.0943. The molecular weight excluding hydrogens is 372 g/mol. The molecule has 1 N–H and O–H groups in total. The maximum atomic E-state index is 13.2. The molecule has 146 valence electrons. The summed E-state index contributed by atoms with van der Waals surface area (Å²) in [5.74, 6) is 0.516. The smallest absolute Gasteiger partial charge is 0.254 e. The van der Waals surface area contributed by atoms with Crippen molar-refractivity contribution in [3.63, 3.8) is 0 Å². The number of carbonyl (C=O) groups is 2. The highest BCUT2D eigenvalue weighted by Gasteiger charge is 2.22. The van der Waals surface area contributed by atoms with E-state index in [-0.39, 0.29) is 11.8 Å². The number of benzene rings is 1. The number of rotatable bonds is 6. The van der Waals surface area contributed by atoms with Gasteiger partial charge in [0.05, 0.1) is 19.4 Å². The van der Waals surface area contributed by atoms with Crippen LogP contribution in [0.4, 0.5) is 5.69 Å². The van der Waals surface area contributed by atoms with Crippen molar-refractivity contribution < 1.29 is 14.0 Å². The van der Waals surface area contributed by atoms with Gasteiger partial charge in [-0.3, -0.25) is 9.59 Å². The highest BCUT2D eigenvalue weighted by molar-refractivity contribution is 7.09. The summed E-state index contributed by atoms with van der Waals surface area (Å²) < 4.78 is 5.44. The molecule has 0 aliphatic carbocycles. The van der Waals surface area contributed by atoms with Crippen LogP contribution in [0, 0.1) is 5.41 Å². The van der Waals surface area contributed by atoms with E-state index in [1.54, 1.807) is 46.8 Å². The molecule has 5 nitrogen and oxygen atoms in total. The Kier molecular flexibility index (Phi) is 5.99. The predicted molar refractivity (Wildman–Crippen MR) is 111 cm³/mol. The fourth-order valence-electron chi connectivity index (χ4n) is 2.61. The average Bonchev–Trinajstić information content (AvgIpc) is 3.34. The molecule has 0 bridgehead atoms. The number of furan rings is 1. The van der Waals surface area contributed by atoms with Gasteiger partial charge < -0.3 is 14.6 Å². The van der Waals surface area contributed by atoms with Crippen LogP contribution in [0.15, 0.2) is 64.6 Å². The summed E-state index contributed by atoms with van der Waals surface area (Å²) in [6, 6.07) is 14.7. The van der Waals surface area contributed by atoms with Crippen LogP contribution >= 0.6 is 11.3 Å². The number of nitrogens with one attached hydrogen (secondary N) is 1. The van der Waals surface area contributed by atoms with Gasteiger partial charge in [-0.05, 0) is 41.8 Å². The van der Waals surface area contributed by atoms with Gasteiger partial charge >= 0.3 is 0 Å². The Balaban J connectivity index is 1.81. The summed E-state index contributed by atoms with van der Waals surface area (Å²) in [5, 5.41) is 4.87. The van der Waals surface area contributed by atoms with E-state index in [1.165, 1.54) is 0 Å². The molecule has 6 heteroatoms. The molecule has 0 aliphatic heterocycles. The van der Waals surface area contributed by atoms with Gasteiger partial charge in [0.2, 0.25) is 5.91 Å². The van der Waals surface area contributed by atoms with E-state index in [0.29, 0.717) is 24.3 Å². The van der Waals surface area contributed by atoms with Crippen LogP contribution in [0.25, 0.3) is 0 Å². The van der Waals surface area contributed by atoms with Crippen LogP contribution in [-0.2, 0) is 17.9 Å². The van der Waals surface area contributed by atoms with Crippen molar-refractivity contribution >= 4 is 28.8 Å². The minimum atomic E-state index is -0.509. The molecule has 0 atom stereocenters. The number of nitrogens with zero attached hydrogens (tertiary/aromatic N) is 1. The molecule has 1 aromatic carbocycles. The van der Waals surface area contributed by atoms with Gasteiger partial charge in [0.15, 0.2) is 0 Å². The Hall–Kier alpha value is -2.86. The Bertz CT molecular complexity index is 889. The Morgan fingerprint density at radius 3 is 2.54 bits per heavy atom. The topological polar surface area (TPSA) is 62.6 Å². The number of thiophene rings is 1. The van der Waals surface area contributed by atoms with Crippen molar-refractivity contribution in [2.24, 2.45) is 5.41 Å². The van der Waals surface area contributed by atoms with Crippen molar-refractivity contribution in [2.75, 3.05) is 5.32 Å². The standard InChI is InChI=1S/C22H24N2O3S/c1-22(2,3)21(26)23-17-8-4-7-16(13-17)20(25)24(14-18-9-5-11-27-18)15-19-10-6-12-28-19/h4-13H,14-15H2,1-3H3,(H,23,26). The maximum absolute atomic E-state index is 13.2. The summed E-state index contributed by atoms with van der Waals surface area (Å²) in [5.41, 5.74) is 0.625. The van der Waals surface area contributed by atoms with Gasteiger partial charge in [-0.25, -0.2) is 0 Å². The second-order valence-electron chi connectivity index (χ2n) is 7.60.